The first-order valence-corrected chi connectivity index (χ1v) is 22.5. The van der Waals surface area contributed by atoms with Crippen molar-refractivity contribution >= 4 is 47.5 Å². The number of methoxy groups -OCH3 is 1. The second-order valence-electron chi connectivity index (χ2n) is 16.7. The van der Waals surface area contributed by atoms with Crippen LogP contribution < -0.4 is 20.1 Å². The maximum atomic E-state index is 14.8. The highest BCUT2D eigenvalue weighted by Gasteiger charge is 2.66. The highest BCUT2D eigenvalue weighted by Crippen LogP contribution is 2.71. The molecule has 3 aliphatic rings. The van der Waals surface area contributed by atoms with Gasteiger partial charge in [-0.15, -0.1) is 17.9 Å². The van der Waals surface area contributed by atoms with Gasteiger partial charge >= 0.3 is 6.09 Å². The van der Waals surface area contributed by atoms with Gasteiger partial charge in [0.1, 0.15) is 46.1 Å². The van der Waals surface area contributed by atoms with Crippen LogP contribution in [0.1, 0.15) is 70.0 Å². The van der Waals surface area contributed by atoms with E-state index in [0.717, 1.165) is 36.9 Å². The summed E-state index contributed by atoms with van der Waals surface area (Å²) in [7, 11) is -2.52. The average molecular weight is 830 g/mol. The molecule has 3 heterocycles. The number of fused-ring (bicyclic) bond motifs is 1. The standard InChI is InChI=1S/C43H52N5O8PS/c1-7-28-22-43(28,57(52,53)24-37-44-26(2)25-58-37)47-39(49)35-20-31(23-48(35)40(50)38(42(3,4)5)46-41(51)56-29-15-11-12-16-29)55-36-21-33(27-13-9-8-10-14-27)45-34-19-30(54-6)17-18-32(34)36/h7-10,13-14,17-19,21,25,28-29,31,35,38H,1,11-12,15-16,20,22-24H2,2-6H3,(H,46,51)(H,47,49)(H,52,53)/t28-,31-,35+,38?,43+/m1/s1. The summed E-state index contributed by atoms with van der Waals surface area (Å²) in [6.07, 6.45) is 3.53. The number of likely N-dealkylation sites (tertiary alicyclic amines) is 1. The van der Waals surface area contributed by atoms with E-state index in [9.17, 15) is 23.8 Å². The summed E-state index contributed by atoms with van der Waals surface area (Å²) in [6.45, 7) is 11.2. The number of pyridine rings is 1. The fourth-order valence-electron chi connectivity index (χ4n) is 8.12. The molecule has 3 N–H and O–H groups in total. The lowest BCUT2D eigenvalue weighted by Gasteiger charge is -2.35. The lowest BCUT2D eigenvalue weighted by molar-refractivity contribution is -0.142. The van der Waals surface area contributed by atoms with Gasteiger partial charge in [0.25, 0.3) is 0 Å². The van der Waals surface area contributed by atoms with Crippen LogP contribution in [-0.4, -0.2) is 80.9 Å². The van der Waals surface area contributed by atoms with Gasteiger partial charge in [0, 0.05) is 46.5 Å². The SMILES string of the molecule is C=C[C@@H]1C[C@]1(NC(=O)[C@@H]1C[C@@H](Oc2cc(-c3ccccc3)nc3cc(OC)ccc23)CN1C(=O)C(NC(=O)OC1CCCC1)C(C)(C)C)P(=O)(O)Cc1nc(C)cs1. The zero-order valence-corrected chi connectivity index (χ0v) is 35.3. The van der Waals surface area contributed by atoms with Gasteiger partial charge in [0.2, 0.25) is 19.2 Å². The summed E-state index contributed by atoms with van der Waals surface area (Å²) in [5.41, 5.74) is 2.12. The molecule has 6 atom stereocenters. The number of thiazole rings is 1. The number of aromatic nitrogens is 2. The van der Waals surface area contributed by atoms with Crippen LogP contribution in [0.4, 0.5) is 4.79 Å². The first-order chi connectivity index (χ1) is 27.6. The van der Waals surface area contributed by atoms with Gasteiger partial charge in [-0.2, -0.15) is 0 Å². The van der Waals surface area contributed by atoms with E-state index in [-0.39, 0.29) is 31.7 Å². The minimum absolute atomic E-state index is 0.00341. The highest BCUT2D eigenvalue weighted by atomic mass is 32.1. The summed E-state index contributed by atoms with van der Waals surface area (Å²) < 4.78 is 32.2. The molecule has 2 saturated carbocycles. The van der Waals surface area contributed by atoms with E-state index >= 15 is 0 Å². The molecule has 7 rings (SSSR count). The smallest absolute Gasteiger partial charge is 0.408 e. The van der Waals surface area contributed by atoms with Gasteiger partial charge < -0.3 is 34.6 Å². The summed E-state index contributed by atoms with van der Waals surface area (Å²) in [5, 5.41) is 7.33. The average Bonchev–Trinajstić information content (AvgIpc) is 3.53. The minimum atomic E-state index is -4.10. The van der Waals surface area contributed by atoms with Crippen molar-refractivity contribution in [3.63, 3.8) is 0 Å². The molecule has 3 amide bonds. The molecule has 2 aliphatic carbocycles. The molecule has 308 valence electrons. The van der Waals surface area contributed by atoms with Crippen LogP contribution in [0.2, 0.25) is 0 Å². The minimum Gasteiger partial charge on any atom is -0.497 e. The quantitative estimate of drug-likeness (QED) is 0.0902. The fraction of sp³-hybridized carbons (Fsp3) is 0.465. The van der Waals surface area contributed by atoms with Gasteiger partial charge in [0.15, 0.2) is 0 Å². The second-order valence-corrected chi connectivity index (χ2v) is 20.2. The molecule has 2 aromatic carbocycles. The van der Waals surface area contributed by atoms with Gasteiger partial charge in [0.05, 0.1) is 31.0 Å². The molecule has 2 unspecified atom stereocenters. The summed E-state index contributed by atoms with van der Waals surface area (Å²) >= 11 is 1.29. The number of hydrogen-bond donors (Lipinski definition) is 3. The fourth-order valence-corrected chi connectivity index (χ4v) is 11.6. The third-order valence-corrected chi connectivity index (χ3v) is 15.2. The topological polar surface area (TPSA) is 169 Å². The number of carbonyl (C=O) groups excluding carboxylic acids is 3. The molecule has 1 aliphatic heterocycles. The predicted octanol–water partition coefficient (Wildman–Crippen LogP) is 7.60. The molecule has 0 radical (unpaired) electrons. The lowest BCUT2D eigenvalue weighted by Crippen LogP contribution is -2.58. The number of nitrogens with one attached hydrogen (secondary N) is 2. The van der Waals surface area contributed by atoms with Crippen LogP contribution >= 0.6 is 18.7 Å². The van der Waals surface area contributed by atoms with Crippen LogP contribution in [0.3, 0.4) is 0 Å². The van der Waals surface area contributed by atoms with Crippen molar-refractivity contribution in [1.82, 2.24) is 25.5 Å². The van der Waals surface area contributed by atoms with Gasteiger partial charge in [-0.25, -0.2) is 14.8 Å². The first kappa shape index (κ1) is 41.4. The Balaban J connectivity index is 1.22. The predicted molar refractivity (Wildman–Crippen MR) is 223 cm³/mol. The Morgan fingerprint density at radius 2 is 1.84 bits per heavy atom. The molecule has 4 aromatic rings. The number of ether oxygens (including phenoxy) is 3. The second kappa shape index (κ2) is 16.5. The number of amides is 3. The van der Waals surface area contributed by atoms with E-state index in [1.165, 1.54) is 16.2 Å². The van der Waals surface area contributed by atoms with Crippen molar-refractivity contribution in [3.8, 4) is 22.8 Å². The Morgan fingerprint density at radius 1 is 1.10 bits per heavy atom. The van der Waals surface area contributed by atoms with Gasteiger partial charge in [-0.1, -0.05) is 57.2 Å². The Hall–Kier alpha value is -4.78. The monoisotopic (exact) mass is 829 g/mol. The van der Waals surface area contributed by atoms with Crippen molar-refractivity contribution in [1.29, 1.82) is 0 Å². The largest absolute Gasteiger partial charge is 0.497 e. The Morgan fingerprint density at radius 3 is 2.48 bits per heavy atom. The molecule has 2 aromatic heterocycles. The Bertz CT molecular complexity index is 2240. The summed E-state index contributed by atoms with van der Waals surface area (Å²) in [6, 6.07) is 14.8. The van der Waals surface area contributed by atoms with E-state index in [1.54, 1.807) is 13.2 Å². The van der Waals surface area contributed by atoms with E-state index < -0.39 is 60.1 Å². The third kappa shape index (κ3) is 8.65. The number of alkyl carbamates (subject to hydrolysis) is 1. The van der Waals surface area contributed by atoms with E-state index in [0.29, 0.717) is 33.1 Å². The lowest BCUT2D eigenvalue weighted by atomic mass is 9.85. The Labute approximate surface area is 343 Å². The third-order valence-electron chi connectivity index (χ3n) is 11.4. The molecule has 0 spiro atoms. The molecule has 1 saturated heterocycles. The van der Waals surface area contributed by atoms with E-state index in [4.69, 9.17) is 19.2 Å². The zero-order valence-electron chi connectivity index (χ0n) is 33.6. The number of rotatable bonds is 13. The van der Waals surface area contributed by atoms with E-state index in [2.05, 4.69) is 22.2 Å². The normalized spacial score (nSPS) is 23.5. The van der Waals surface area contributed by atoms with Crippen molar-refractivity contribution < 1.29 is 38.1 Å². The van der Waals surface area contributed by atoms with Crippen LogP contribution in [-0.2, 0) is 25.1 Å². The van der Waals surface area contributed by atoms with Gasteiger partial charge in [-0.3, -0.25) is 14.2 Å². The molecule has 58 heavy (non-hydrogen) atoms. The Kier molecular flexibility index (Phi) is 11.7. The van der Waals surface area contributed by atoms with Crippen molar-refractivity contribution in [3.05, 3.63) is 83.3 Å². The summed E-state index contributed by atoms with van der Waals surface area (Å²) in [4.78, 5) is 65.1. The van der Waals surface area contributed by atoms with Crippen molar-refractivity contribution in [2.45, 2.75) is 102 Å². The van der Waals surface area contributed by atoms with Crippen LogP contribution in [0.25, 0.3) is 22.2 Å². The highest BCUT2D eigenvalue weighted by molar-refractivity contribution is 7.59. The van der Waals surface area contributed by atoms with Crippen molar-refractivity contribution in [2.24, 2.45) is 11.3 Å². The number of hydrogen-bond acceptors (Lipinski definition) is 10. The zero-order chi connectivity index (χ0) is 41.4. The number of aryl methyl sites for hydroxylation is 1. The van der Waals surface area contributed by atoms with Crippen molar-refractivity contribution in [2.75, 3.05) is 13.7 Å². The van der Waals surface area contributed by atoms with Crippen LogP contribution in [0, 0.1) is 18.3 Å². The number of carbonyl (C=O) groups is 3. The molecular formula is C43H52N5O8PS. The number of nitrogens with zero attached hydrogens (tertiary/aromatic N) is 3. The van der Waals surface area contributed by atoms with Gasteiger partial charge in [-0.05, 0) is 56.6 Å². The molecule has 13 nitrogen and oxygen atoms in total. The number of benzene rings is 2. The molecular weight excluding hydrogens is 778 g/mol. The summed E-state index contributed by atoms with van der Waals surface area (Å²) in [5.74, 6) is -0.428. The molecule has 15 heteroatoms. The van der Waals surface area contributed by atoms with E-state index in [1.807, 2.05) is 87.7 Å². The van der Waals surface area contributed by atoms with Crippen LogP contribution in [0.5, 0.6) is 11.5 Å². The molecule has 0 bridgehead atoms. The van der Waals surface area contributed by atoms with Crippen LogP contribution in [0.15, 0.2) is 72.6 Å². The maximum Gasteiger partial charge on any atom is 0.408 e. The maximum absolute atomic E-state index is 14.8. The first-order valence-electron chi connectivity index (χ1n) is 19.8. The molecule has 3 fully saturated rings.